The summed E-state index contributed by atoms with van der Waals surface area (Å²) in [6.45, 7) is 3.09. The molecule has 0 radical (unpaired) electrons. The zero-order valence-electron chi connectivity index (χ0n) is 32.2. The zero-order chi connectivity index (χ0) is 41.2. The molecule has 1 saturated heterocycles. The number of sulfonamides is 1. The van der Waals surface area contributed by atoms with Crippen molar-refractivity contribution in [1.82, 2.24) is 24.9 Å². The lowest BCUT2D eigenvalue weighted by Crippen LogP contribution is -2.56. The molecule has 0 unspecified atom stereocenters. The smallest absolute Gasteiger partial charge is 0.266 e. The lowest BCUT2D eigenvalue weighted by Gasteiger charge is -2.26. The average molecular weight is 832 g/mol. The number of carbonyl (C=O) groups is 4. The molecule has 2 aromatic heterocycles. The van der Waals surface area contributed by atoms with Crippen molar-refractivity contribution in [2.24, 2.45) is 5.92 Å². The minimum absolute atomic E-state index is 0.00435. The molecule has 4 atom stereocenters. The summed E-state index contributed by atoms with van der Waals surface area (Å²) >= 11 is 1.44. The summed E-state index contributed by atoms with van der Waals surface area (Å²) in [5.41, 5.74) is 0.0767. The lowest BCUT2D eigenvalue weighted by atomic mass is 10.1. The van der Waals surface area contributed by atoms with Crippen molar-refractivity contribution in [2.45, 2.75) is 81.0 Å². The number of hydrogen-bond acceptors (Lipinski definition) is 13. The third-order valence-corrected chi connectivity index (χ3v) is 12.5. The zero-order valence-corrected chi connectivity index (χ0v) is 33.8. The summed E-state index contributed by atoms with van der Waals surface area (Å²) in [4.78, 5) is 64.5. The minimum Gasteiger partial charge on any atom is -0.497 e. The van der Waals surface area contributed by atoms with Crippen LogP contribution in [-0.4, -0.2) is 96.0 Å². The first-order chi connectivity index (χ1) is 27.8. The molecular formula is C40H45N7O9S2. The Bertz CT molecular complexity index is 2380. The molecule has 4 amide bonds. The van der Waals surface area contributed by atoms with Gasteiger partial charge >= 0.3 is 0 Å². The highest BCUT2D eigenvalue weighted by Gasteiger charge is 2.61. The van der Waals surface area contributed by atoms with Gasteiger partial charge in [-0.1, -0.05) is 24.3 Å². The van der Waals surface area contributed by atoms with Crippen molar-refractivity contribution in [3.8, 4) is 22.9 Å². The molecule has 0 spiro atoms. The first-order valence-electron chi connectivity index (χ1n) is 19.0. The van der Waals surface area contributed by atoms with Gasteiger partial charge in [-0.2, -0.15) is 0 Å². The van der Waals surface area contributed by atoms with Gasteiger partial charge in [0.15, 0.2) is 5.13 Å². The molecule has 1 saturated carbocycles. The van der Waals surface area contributed by atoms with Gasteiger partial charge in [0.05, 0.1) is 30.6 Å². The number of anilines is 2. The predicted octanol–water partition coefficient (Wildman–Crippen LogP) is 3.98. The molecule has 1 aliphatic carbocycles. The van der Waals surface area contributed by atoms with Crippen molar-refractivity contribution < 1.29 is 42.2 Å². The third-order valence-electron chi connectivity index (χ3n) is 10.3. The molecule has 16 nitrogen and oxygen atoms in total. The maximum Gasteiger partial charge on any atom is 0.266 e. The molecule has 306 valence electrons. The monoisotopic (exact) mass is 831 g/mol. The van der Waals surface area contributed by atoms with Crippen LogP contribution in [0.4, 0.5) is 10.8 Å². The normalized spacial score (nSPS) is 23.7. The predicted molar refractivity (Wildman–Crippen MR) is 217 cm³/mol. The molecule has 4 aromatic rings. The van der Waals surface area contributed by atoms with E-state index in [2.05, 4.69) is 20.7 Å². The number of thiazole rings is 1. The summed E-state index contributed by atoms with van der Waals surface area (Å²) in [7, 11) is -2.97. The number of carbonyl (C=O) groups excluding carboxylic acids is 4. The molecule has 3 aliphatic rings. The molecule has 18 heteroatoms. The Hall–Kier alpha value is -5.59. The Balaban J connectivity index is 1.16. The Morgan fingerprint density at radius 2 is 1.91 bits per heavy atom. The van der Waals surface area contributed by atoms with E-state index in [0.29, 0.717) is 53.1 Å². The molecule has 5 N–H and O–H groups in total. The maximum atomic E-state index is 14.3. The second kappa shape index (κ2) is 16.7. The van der Waals surface area contributed by atoms with Crippen molar-refractivity contribution in [3.05, 3.63) is 66.1 Å². The van der Waals surface area contributed by atoms with Crippen molar-refractivity contribution in [1.29, 1.82) is 0 Å². The first-order valence-corrected chi connectivity index (χ1v) is 21.4. The first kappa shape index (κ1) is 40.6. The van der Waals surface area contributed by atoms with Crippen LogP contribution in [0.3, 0.4) is 0 Å². The van der Waals surface area contributed by atoms with Gasteiger partial charge in [0, 0.05) is 47.7 Å². The van der Waals surface area contributed by atoms with Gasteiger partial charge < -0.3 is 35.4 Å². The fraction of sp³-hybridized carbons (Fsp3) is 0.400. The summed E-state index contributed by atoms with van der Waals surface area (Å²) in [6, 6.07) is 11.8. The number of nitrogens with zero attached hydrogens (tertiary/aromatic N) is 3. The largest absolute Gasteiger partial charge is 0.497 e. The van der Waals surface area contributed by atoms with E-state index in [1.54, 1.807) is 43.5 Å². The van der Waals surface area contributed by atoms with Crippen molar-refractivity contribution in [3.63, 3.8) is 0 Å². The van der Waals surface area contributed by atoms with E-state index in [4.69, 9.17) is 19.4 Å². The number of ether oxygens (including phenoxy) is 2. The fourth-order valence-electron chi connectivity index (χ4n) is 7.29. The van der Waals surface area contributed by atoms with E-state index in [9.17, 15) is 32.7 Å². The van der Waals surface area contributed by atoms with E-state index in [1.165, 1.54) is 34.4 Å². The number of hydrogen-bond donors (Lipinski definition) is 5. The van der Waals surface area contributed by atoms with Crippen LogP contribution in [0.15, 0.2) is 71.0 Å². The van der Waals surface area contributed by atoms with Gasteiger partial charge in [-0.25, -0.2) is 23.1 Å². The Morgan fingerprint density at radius 1 is 1.10 bits per heavy atom. The number of para-hydroxylation sites is 1. The summed E-state index contributed by atoms with van der Waals surface area (Å²) < 4.78 is 41.4. The second-order valence-electron chi connectivity index (χ2n) is 14.8. The van der Waals surface area contributed by atoms with Crippen LogP contribution in [0.5, 0.6) is 11.5 Å². The molecule has 2 aliphatic heterocycles. The summed E-state index contributed by atoms with van der Waals surface area (Å²) in [6.07, 6.45) is 5.00. The van der Waals surface area contributed by atoms with E-state index >= 15 is 0 Å². The number of methoxy groups -OCH3 is 1. The number of aromatic nitrogens is 2. The van der Waals surface area contributed by atoms with E-state index in [1.807, 2.05) is 25.3 Å². The van der Waals surface area contributed by atoms with E-state index in [-0.39, 0.29) is 48.3 Å². The van der Waals surface area contributed by atoms with E-state index < -0.39 is 58.0 Å². The van der Waals surface area contributed by atoms with Gasteiger partial charge in [0.2, 0.25) is 17.7 Å². The van der Waals surface area contributed by atoms with Crippen molar-refractivity contribution >= 4 is 66.7 Å². The number of amides is 4. The van der Waals surface area contributed by atoms with Gasteiger partial charge in [-0.15, -0.1) is 11.3 Å². The molecule has 4 heterocycles. The van der Waals surface area contributed by atoms with Gasteiger partial charge in [-0.05, 0) is 63.8 Å². The Kier molecular flexibility index (Phi) is 11.7. The number of pyridine rings is 1. The van der Waals surface area contributed by atoms with Gasteiger partial charge in [-0.3, -0.25) is 19.2 Å². The number of nitrogens with one attached hydrogen (secondary N) is 4. The highest BCUT2D eigenvalue weighted by Crippen LogP contribution is 2.46. The maximum absolute atomic E-state index is 14.3. The molecule has 2 fully saturated rings. The topological polar surface area (TPSA) is 218 Å². The number of fused-ring (bicyclic) bond motifs is 3. The van der Waals surface area contributed by atoms with Crippen molar-refractivity contribution in [2.75, 3.05) is 30.9 Å². The summed E-state index contributed by atoms with van der Waals surface area (Å²) in [5.74, 6) is -2.30. The number of rotatable bonds is 9. The quantitative estimate of drug-likeness (QED) is 0.151. The van der Waals surface area contributed by atoms with Crippen LogP contribution >= 0.6 is 11.3 Å². The molecule has 2 aromatic carbocycles. The Morgan fingerprint density at radius 3 is 2.69 bits per heavy atom. The van der Waals surface area contributed by atoms with Crippen LogP contribution in [0, 0.1) is 5.92 Å². The Labute approximate surface area is 339 Å². The molecule has 0 bridgehead atoms. The number of aliphatic hydroxyl groups is 1. The van der Waals surface area contributed by atoms with Crippen LogP contribution in [0.1, 0.15) is 52.4 Å². The minimum atomic E-state index is -4.52. The number of allylic oxidation sites excluding steroid dienone is 1. The second-order valence-corrected chi connectivity index (χ2v) is 17.4. The van der Waals surface area contributed by atoms with Gasteiger partial charge in [0.25, 0.3) is 15.9 Å². The van der Waals surface area contributed by atoms with Crippen LogP contribution < -0.4 is 30.1 Å². The van der Waals surface area contributed by atoms with E-state index in [0.717, 1.165) is 5.13 Å². The van der Waals surface area contributed by atoms with Gasteiger partial charge in [0.1, 0.15) is 46.4 Å². The average Bonchev–Trinajstić information content (AvgIpc) is 3.46. The SMILES string of the molecule is COc1ccc2c(O[C@@H]3C[C@@H](C(=O)N[C@]45C[C@H]4/C=C\CCCCC(=O)Nc4ccccc4S(=O)(=O)NC5=O)N(C(=O)CO)C3)cc(-c3csc(NC(C)C)n3)nc2c1. The molecule has 7 rings (SSSR count). The molecular weight excluding hydrogens is 787 g/mol. The number of benzene rings is 2. The highest BCUT2D eigenvalue weighted by atomic mass is 32.2. The van der Waals surface area contributed by atoms with Crippen LogP contribution in [0.2, 0.25) is 0 Å². The summed E-state index contributed by atoms with van der Waals surface area (Å²) in [5, 5.41) is 21.9. The van der Waals surface area contributed by atoms with Crippen LogP contribution in [0.25, 0.3) is 22.3 Å². The van der Waals surface area contributed by atoms with Crippen LogP contribution in [-0.2, 0) is 29.2 Å². The third kappa shape index (κ3) is 8.63. The number of likely N-dealkylation sites (tertiary alicyclic amines) is 1. The number of aliphatic hydroxyl groups excluding tert-OH is 1. The standard InChI is InChI=1S/C40H45N7O9S2/c1-23(2)41-39-44-31(22-57-39)30-18-33(27-15-14-25(55-3)16-29(27)42-30)56-26-17-32(47(20-26)36(50)21-48)37(51)45-40-19-24(40)10-6-4-5-7-13-35(49)43-28-11-8-9-12-34(28)58(53,54)46-38(40)52/h6,8-12,14-16,18,22-24,26,32,48H,4-5,7,13,17,19-21H2,1-3H3,(H,41,44)(H,43,49)(H,45,51)(H,46,52)/b10-6-/t24-,26-,32+,40-/m1/s1. The fourth-order valence-corrected chi connectivity index (χ4v) is 9.35. The highest BCUT2D eigenvalue weighted by molar-refractivity contribution is 7.90. The molecule has 58 heavy (non-hydrogen) atoms. The lowest BCUT2D eigenvalue weighted by molar-refractivity contribution is -0.141.